The Morgan fingerprint density at radius 3 is 2.22 bits per heavy atom. The molecule has 0 bridgehead atoms. The van der Waals surface area contributed by atoms with Crippen LogP contribution in [0.15, 0.2) is 21.1 Å². The number of hydrogen-bond acceptors (Lipinski definition) is 2. The molecule has 0 radical (unpaired) electrons. The van der Waals surface area contributed by atoms with Crippen LogP contribution in [0.1, 0.15) is 38.2 Å². The first-order valence-electron chi connectivity index (χ1n) is 6.44. The van der Waals surface area contributed by atoms with Gasteiger partial charge < -0.3 is 10.5 Å². The van der Waals surface area contributed by atoms with Gasteiger partial charge in [-0.3, -0.25) is 0 Å². The predicted octanol–water partition coefficient (Wildman–Crippen LogP) is 4.63. The van der Waals surface area contributed by atoms with Gasteiger partial charge in [0.2, 0.25) is 0 Å². The first kappa shape index (κ1) is 14.4. The van der Waals surface area contributed by atoms with Crippen molar-refractivity contribution in [3.63, 3.8) is 0 Å². The van der Waals surface area contributed by atoms with Gasteiger partial charge in [-0.2, -0.15) is 0 Å². The fourth-order valence-electron chi connectivity index (χ4n) is 2.36. The van der Waals surface area contributed by atoms with Crippen molar-refractivity contribution in [1.82, 2.24) is 0 Å². The molecule has 0 heterocycles. The van der Waals surface area contributed by atoms with Crippen LogP contribution in [0.25, 0.3) is 0 Å². The average Bonchev–Trinajstić information content (AvgIpc) is 2.35. The smallest absolute Gasteiger partial charge is 0.148 e. The van der Waals surface area contributed by atoms with E-state index in [0.29, 0.717) is 12.6 Å². The van der Waals surface area contributed by atoms with E-state index in [4.69, 9.17) is 10.5 Å². The lowest BCUT2D eigenvalue weighted by Gasteiger charge is -2.27. The second kappa shape index (κ2) is 6.40. The van der Waals surface area contributed by atoms with Crippen LogP contribution in [-0.2, 0) is 6.54 Å². The zero-order valence-electron chi connectivity index (χ0n) is 10.6. The Balaban J connectivity index is 2.09. The molecule has 2 rings (SSSR count). The summed E-state index contributed by atoms with van der Waals surface area (Å²) in [6.07, 6.45) is 5.18. The molecule has 0 spiro atoms. The van der Waals surface area contributed by atoms with Gasteiger partial charge in [0, 0.05) is 6.54 Å². The number of nitrogens with two attached hydrogens (primary N) is 1. The Bertz CT molecular complexity index is 391. The van der Waals surface area contributed by atoms with E-state index in [-0.39, 0.29) is 0 Å². The molecule has 0 amide bonds. The van der Waals surface area contributed by atoms with E-state index < -0.39 is 0 Å². The molecule has 4 heteroatoms. The quantitative estimate of drug-likeness (QED) is 0.834. The number of hydrogen-bond donors (Lipinski definition) is 1. The molecule has 1 aromatic rings. The van der Waals surface area contributed by atoms with Gasteiger partial charge in [-0.25, -0.2) is 0 Å². The largest absolute Gasteiger partial charge is 0.488 e. The maximum Gasteiger partial charge on any atom is 0.148 e. The second-order valence-electron chi connectivity index (χ2n) is 5.09. The van der Waals surface area contributed by atoms with Crippen molar-refractivity contribution in [2.45, 2.75) is 45.3 Å². The Hall–Kier alpha value is -0.0600. The van der Waals surface area contributed by atoms with Crippen molar-refractivity contribution in [2.24, 2.45) is 11.7 Å². The third-order valence-corrected chi connectivity index (χ3v) is 4.72. The minimum atomic E-state index is 0.345. The summed E-state index contributed by atoms with van der Waals surface area (Å²) in [5.41, 5.74) is 6.75. The van der Waals surface area contributed by atoms with Gasteiger partial charge >= 0.3 is 0 Å². The van der Waals surface area contributed by atoms with E-state index in [1.165, 1.54) is 12.8 Å². The predicted molar refractivity (Wildman–Crippen MR) is 81.8 cm³/mol. The van der Waals surface area contributed by atoms with E-state index >= 15 is 0 Å². The summed E-state index contributed by atoms with van der Waals surface area (Å²) in [6, 6.07) is 4.07. The van der Waals surface area contributed by atoms with Crippen molar-refractivity contribution in [2.75, 3.05) is 0 Å². The summed E-state index contributed by atoms with van der Waals surface area (Å²) in [6.45, 7) is 2.86. The molecule has 1 aromatic carbocycles. The molecule has 1 saturated carbocycles. The van der Waals surface area contributed by atoms with Gasteiger partial charge in [-0.15, -0.1) is 0 Å². The van der Waals surface area contributed by atoms with E-state index in [0.717, 1.165) is 39.0 Å². The molecule has 0 aromatic heterocycles. The maximum atomic E-state index is 6.13. The Morgan fingerprint density at radius 2 is 1.72 bits per heavy atom. The van der Waals surface area contributed by atoms with Crippen LogP contribution < -0.4 is 10.5 Å². The number of benzene rings is 1. The molecule has 0 saturated heterocycles. The summed E-state index contributed by atoms with van der Waals surface area (Å²) >= 11 is 7.13. The van der Waals surface area contributed by atoms with Crippen molar-refractivity contribution in [3.8, 4) is 5.75 Å². The first-order chi connectivity index (χ1) is 8.60. The molecule has 0 aliphatic heterocycles. The van der Waals surface area contributed by atoms with E-state index in [2.05, 4.69) is 38.8 Å². The van der Waals surface area contributed by atoms with Gasteiger partial charge in [-0.1, -0.05) is 6.92 Å². The third kappa shape index (κ3) is 3.49. The molecule has 2 nitrogen and oxygen atoms in total. The van der Waals surface area contributed by atoms with E-state index in [1.807, 2.05) is 12.1 Å². The lowest BCUT2D eigenvalue weighted by molar-refractivity contribution is 0.134. The highest BCUT2D eigenvalue weighted by atomic mass is 79.9. The zero-order valence-corrected chi connectivity index (χ0v) is 13.8. The van der Waals surface area contributed by atoms with Crippen LogP contribution in [0.4, 0.5) is 0 Å². The summed E-state index contributed by atoms with van der Waals surface area (Å²) in [5, 5.41) is 0. The van der Waals surface area contributed by atoms with Crippen LogP contribution in [0, 0.1) is 5.92 Å². The van der Waals surface area contributed by atoms with Crippen molar-refractivity contribution in [1.29, 1.82) is 0 Å². The first-order valence-corrected chi connectivity index (χ1v) is 8.03. The molecular weight excluding hydrogens is 358 g/mol. The van der Waals surface area contributed by atoms with Crippen LogP contribution in [-0.4, -0.2) is 6.10 Å². The lowest BCUT2D eigenvalue weighted by atomic mass is 9.89. The molecule has 1 fully saturated rings. The fraction of sp³-hybridized carbons (Fsp3) is 0.571. The highest BCUT2D eigenvalue weighted by molar-refractivity contribution is 9.11. The van der Waals surface area contributed by atoms with Crippen LogP contribution in [0.2, 0.25) is 0 Å². The van der Waals surface area contributed by atoms with E-state index in [9.17, 15) is 0 Å². The van der Waals surface area contributed by atoms with Gasteiger partial charge in [0.05, 0.1) is 15.0 Å². The van der Waals surface area contributed by atoms with E-state index in [1.54, 1.807) is 0 Å². The standard InChI is InChI=1S/C14H19Br2NO/c1-9-2-4-11(5-3-9)18-14-12(15)6-10(8-17)7-13(14)16/h6-7,9,11H,2-5,8,17H2,1H3. The Kier molecular flexibility index (Phi) is 5.10. The summed E-state index contributed by atoms with van der Waals surface area (Å²) in [4.78, 5) is 0. The zero-order chi connectivity index (χ0) is 13.1. The molecule has 18 heavy (non-hydrogen) atoms. The molecule has 0 atom stereocenters. The number of halogens is 2. The maximum absolute atomic E-state index is 6.13. The normalized spacial score (nSPS) is 24.0. The Morgan fingerprint density at radius 1 is 1.17 bits per heavy atom. The van der Waals surface area contributed by atoms with Gasteiger partial charge in [-0.05, 0) is 81.2 Å². The minimum Gasteiger partial charge on any atom is -0.488 e. The van der Waals surface area contributed by atoms with Gasteiger partial charge in [0.15, 0.2) is 0 Å². The molecule has 2 N–H and O–H groups in total. The average molecular weight is 377 g/mol. The van der Waals surface area contributed by atoms with Crippen LogP contribution >= 0.6 is 31.9 Å². The summed E-state index contributed by atoms with van der Waals surface area (Å²) in [5.74, 6) is 1.75. The molecule has 100 valence electrons. The van der Waals surface area contributed by atoms with Crippen LogP contribution in [0.3, 0.4) is 0 Å². The van der Waals surface area contributed by atoms with Gasteiger partial charge in [0.25, 0.3) is 0 Å². The third-order valence-electron chi connectivity index (χ3n) is 3.54. The fourth-order valence-corrected chi connectivity index (χ4v) is 3.83. The van der Waals surface area contributed by atoms with Crippen molar-refractivity contribution in [3.05, 3.63) is 26.6 Å². The second-order valence-corrected chi connectivity index (χ2v) is 6.80. The number of rotatable bonds is 3. The van der Waals surface area contributed by atoms with Crippen LogP contribution in [0.5, 0.6) is 5.75 Å². The highest BCUT2D eigenvalue weighted by Crippen LogP contribution is 2.37. The lowest BCUT2D eigenvalue weighted by Crippen LogP contribution is -2.23. The van der Waals surface area contributed by atoms with Gasteiger partial charge in [0.1, 0.15) is 5.75 Å². The highest BCUT2D eigenvalue weighted by Gasteiger charge is 2.21. The van der Waals surface area contributed by atoms with Crippen molar-refractivity contribution < 1.29 is 4.74 Å². The Labute approximate surface area is 126 Å². The summed E-state index contributed by atoms with van der Waals surface area (Å²) in [7, 11) is 0. The summed E-state index contributed by atoms with van der Waals surface area (Å²) < 4.78 is 8.09. The molecule has 0 unspecified atom stereocenters. The topological polar surface area (TPSA) is 35.2 Å². The minimum absolute atomic E-state index is 0.345. The molecular formula is C14H19Br2NO. The molecule has 1 aliphatic carbocycles. The molecule has 1 aliphatic rings. The van der Waals surface area contributed by atoms with Crippen molar-refractivity contribution >= 4 is 31.9 Å². The SMILES string of the molecule is CC1CCC(Oc2c(Br)cc(CN)cc2Br)CC1. The monoisotopic (exact) mass is 375 g/mol. The number of ether oxygens (including phenoxy) is 1.